The van der Waals surface area contributed by atoms with Crippen molar-refractivity contribution in [1.82, 2.24) is 10.4 Å². The van der Waals surface area contributed by atoms with Gasteiger partial charge in [-0.3, -0.25) is 14.4 Å². The molecular weight excluding hydrogens is 320 g/mol. The van der Waals surface area contributed by atoms with Gasteiger partial charge in [0.1, 0.15) is 0 Å². The van der Waals surface area contributed by atoms with Crippen LogP contribution in [0.15, 0.2) is 12.2 Å². The SMILES string of the molecule is CC1CC(=O)N(OC(=O)CCCCCNC(=O)/C=C\C(=O)O)C1=O. The van der Waals surface area contributed by atoms with Gasteiger partial charge in [-0.05, 0) is 12.8 Å². The Hall–Kier alpha value is -2.71. The highest BCUT2D eigenvalue weighted by Gasteiger charge is 2.38. The van der Waals surface area contributed by atoms with Crippen LogP contribution < -0.4 is 5.32 Å². The van der Waals surface area contributed by atoms with Gasteiger partial charge in [-0.2, -0.15) is 0 Å². The van der Waals surface area contributed by atoms with Crippen LogP contribution in [0.4, 0.5) is 0 Å². The maximum absolute atomic E-state index is 11.6. The molecule has 24 heavy (non-hydrogen) atoms. The van der Waals surface area contributed by atoms with E-state index in [4.69, 9.17) is 9.94 Å². The first-order valence-corrected chi connectivity index (χ1v) is 7.57. The molecule has 1 saturated heterocycles. The number of nitrogens with zero attached hydrogens (tertiary/aromatic N) is 1. The summed E-state index contributed by atoms with van der Waals surface area (Å²) >= 11 is 0. The number of hydrogen-bond donors (Lipinski definition) is 2. The third kappa shape index (κ3) is 6.59. The Morgan fingerprint density at radius 1 is 1.25 bits per heavy atom. The van der Waals surface area contributed by atoms with Crippen molar-refractivity contribution in [2.24, 2.45) is 5.92 Å². The summed E-state index contributed by atoms with van der Waals surface area (Å²) in [5, 5.41) is 11.4. The van der Waals surface area contributed by atoms with Crippen molar-refractivity contribution in [1.29, 1.82) is 0 Å². The second kappa shape index (κ2) is 9.43. The Morgan fingerprint density at radius 3 is 2.54 bits per heavy atom. The van der Waals surface area contributed by atoms with E-state index in [1.807, 2.05) is 0 Å². The smallest absolute Gasteiger partial charge is 0.333 e. The summed E-state index contributed by atoms with van der Waals surface area (Å²) in [5.74, 6) is -3.85. The Bertz CT molecular complexity index is 556. The number of carbonyl (C=O) groups is 5. The molecule has 1 unspecified atom stereocenters. The number of nitrogens with one attached hydrogen (secondary N) is 1. The van der Waals surface area contributed by atoms with Crippen molar-refractivity contribution in [2.75, 3.05) is 6.54 Å². The van der Waals surface area contributed by atoms with Gasteiger partial charge < -0.3 is 15.3 Å². The minimum absolute atomic E-state index is 0.0438. The van der Waals surface area contributed by atoms with Gasteiger partial charge in [-0.1, -0.05) is 13.3 Å². The minimum Gasteiger partial charge on any atom is -0.478 e. The maximum Gasteiger partial charge on any atom is 0.333 e. The van der Waals surface area contributed by atoms with E-state index in [2.05, 4.69) is 5.32 Å². The van der Waals surface area contributed by atoms with E-state index in [1.165, 1.54) is 0 Å². The fourth-order valence-corrected chi connectivity index (χ4v) is 1.99. The lowest BCUT2D eigenvalue weighted by Crippen LogP contribution is -2.33. The number of hydroxylamine groups is 2. The van der Waals surface area contributed by atoms with Gasteiger partial charge in [0.2, 0.25) is 5.91 Å². The van der Waals surface area contributed by atoms with Gasteiger partial charge in [0, 0.05) is 37.5 Å². The maximum atomic E-state index is 11.6. The topological polar surface area (TPSA) is 130 Å². The number of unbranched alkanes of at least 4 members (excludes halogenated alkanes) is 2. The number of aliphatic carboxylic acids is 1. The van der Waals surface area contributed by atoms with Crippen LogP contribution in [0.2, 0.25) is 0 Å². The molecule has 9 nitrogen and oxygen atoms in total. The molecule has 0 bridgehead atoms. The molecule has 2 N–H and O–H groups in total. The van der Waals surface area contributed by atoms with Gasteiger partial charge in [0.05, 0.1) is 0 Å². The van der Waals surface area contributed by atoms with E-state index >= 15 is 0 Å². The van der Waals surface area contributed by atoms with Crippen LogP contribution in [-0.2, 0) is 28.8 Å². The second-order valence-electron chi connectivity index (χ2n) is 5.37. The van der Waals surface area contributed by atoms with Gasteiger partial charge in [-0.25, -0.2) is 9.59 Å². The van der Waals surface area contributed by atoms with Crippen LogP contribution in [0.5, 0.6) is 0 Å². The number of carboxylic acids is 1. The Kier molecular flexibility index (Phi) is 7.60. The third-order valence-corrected chi connectivity index (χ3v) is 3.26. The van der Waals surface area contributed by atoms with Crippen LogP contribution in [0.3, 0.4) is 0 Å². The van der Waals surface area contributed by atoms with Crippen molar-refractivity contribution >= 4 is 29.7 Å². The fourth-order valence-electron chi connectivity index (χ4n) is 1.99. The lowest BCUT2D eigenvalue weighted by Gasteiger charge is -2.12. The summed E-state index contributed by atoms with van der Waals surface area (Å²) in [6, 6.07) is 0. The highest BCUT2D eigenvalue weighted by atomic mass is 16.7. The highest BCUT2D eigenvalue weighted by molar-refractivity contribution is 6.03. The predicted octanol–water partition coefficient (Wildman–Crippen LogP) is 0.157. The summed E-state index contributed by atoms with van der Waals surface area (Å²) in [7, 11) is 0. The zero-order valence-electron chi connectivity index (χ0n) is 13.3. The molecule has 9 heteroatoms. The van der Waals surface area contributed by atoms with E-state index in [9.17, 15) is 24.0 Å². The van der Waals surface area contributed by atoms with E-state index in [0.29, 0.717) is 30.9 Å². The van der Waals surface area contributed by atoms with E-state index in [1.54, 1.807) is 6.92 Å². The molecule has 0 aliphatic carbocycles. The largest absolute Gasteiger partial charge is 0.478 e. The molecule has 0 aromatic heterocycles. The van der Waals surface area contributed by atoms with Crippen molar-refractivity contribution < 1.29 is 33.9 Å². The van der Waals surface area contributed by atoms with Crippen LogP contribution in [0.25, 0.3) is 0 Å². The van der Waals surface area contributed by atoms with Gasteiger partial charge >= 0.3 is 11.9 Å². The van der Waals surface area contributed by atoms with Crippen LogP contribution in [-0.4, -0.2) is 46.4 Å². The van der Waals surface area contributed by atoms with Crippen molar-refractivity contribution in [3.05, 3.63) is 12.2 Å². The summed E-state index contributed by atoms with van der Waals surface area (Å²) in [6.45, 7) is 1.94. The van der Waals surface area contributed by atoms with Crippen molar-refractivity contribution in [3.63, 3.8) is 0 Å². The lowest BCUT2D eigenvalue weighted by atomic mass is 10.1. The minimum atomic E-state index is -1.20. The van der Waals surface area contributed by atoms with Crippen LogP contribution in [0.1, 0.15) is 39.0 Å². The van der Waals surface area contributed by atoms with Crippen LogP contribution >= 0.6 is 0 Å². The molecule has 0 aromatic rings. The Morgan fingerprint density at radius 2 is 1.96 bits per heavy atom. The van der Waals surface area contributed by atoms with Gasteiger partial charge in [0.25, 0.3) is 11.8 Å². The van der Waals surface area contributed by atoms with E-state index < -0.39 is 35.6 Å². The average molecular weight is 340 g/mol. The van der Waals surface area contributed by atoms with Crippen molar-refractivity contribution in [3.8, 4) is 0 Å². The monoisotopic (exact) mass is 340 g/mol. The molecule has 1 aliphatic heterocycles. The van der Waals surface area contributed by atoms with Crippen molar-refractivity contribution in [2.45, 2.75) is 39.0 Å². The molecule has 1 rings (SSSR count). The zero-order valence-corrected chi connectivity index (χ0v) is 13.3. The lowest BCUT2D eigenvalue weighted by molar-refractivity contribution is -0.198. The van der Waals surface area contributed by atoms with E-state index in [-0.39, 0.29) is 12.8 Å². The summed E-state index contributed by atoms with van der Waals surface area (Å²) < 4.78 is 0. The number of hydrogen-bond acceptors (Lipinski definition) is 6. The molecule has 0 spiro atoms. The highest BCUT2D eigenvalue weighted by Crippen LogP contribution is 2.19. The molecule has 0 aromatic carbocycles. The first kappa shape index (κ1) is 19.3. The fraction of sp³-hybridized carbons (Fsp3) is 0.533. The molecule has 132 valence electrons. The molecule has 1 fully saturated rings. The Labute approximate surface area is 138 Å². The molecule has 1 heterocycles. The molecular formula is C15H20N2O7. The first-order chi connectivity index (χ1) is 11.3. The Balaban J connectivity index is 2.12. The molecule has 1 atom stereocenters. The summed E-state index contributed by atoms with van der Waals surface area (Å²) in [6.07, 6.45) is 3.46. The standard InChI is InChI=1S/C15H20N2O7/c1-10-9-12(19)17(15(10)23)24-14(22)5-3-2-4-8-16-11(18)6-7-13(20)21/h6-7,10H,2-5,8-9H2,1H3,(H,16,18)(H,20,21)/b7-6-. The number of amides is 3. The normalized spacial score (nSPS) is 17.4. The van der Waals surface area contributed by atoms with E-state index in [0.717, 1.165) is 12.2 Å². The van der Waals surface area contributed by atoms with Gasteiger partial charge in [-0.15, -0.1) is 5.06 Å². The first-order valence-electron chi connectivity index (χ1n) is 7.57. The third-order valence-electron chi connectivity index (χ3n) is 3.26. The number of carbonyl (C=O) groups excluding carboxylic acids is 4. The number of imide groups is 1. The zero-order chi connectivity index (χ0) is 18.1. The molecule has 0 radical (unpaired) electrons. The second-order valence-corrected chi connectivity index (χ2v) is 5.37. The number of carboxylic acid groups (broad SMARTS) is 1. The van der Waals surface area contributed by atoms with Crippen LogP contribution in [0, 0.1) is 5.92 Å². The average Bonchev–Trinajstić information content (AvgIpc) is 2.75. The summed E-state index contributed by atoms with van der Waals surface area (Å²) in [4.78, 5) is 60.7. The molecule has 0 saturated carbocycles. The molecule has 1 aliphatic rings. The van der Waals surface area contributed by atoms with Gasteiger partial charge in [0.15, 0.2) is 0 Å². The molecule has 3 amide bonds. The quantitative estimate of drug-likeness (QED) is 0.347. The number of rotatable bonds is 9. The predicted molar refractivity (Wildman–Crippen MR) is 80.0 cm³/mol. The summed E-state index contributed by atoms with van der Waals surface area (Å²) in [5.41, 5.74) is 0.